The summed E-state index contributed by atoms with van der Waals surface area (Å²) in [5.74, 6) is 0.140. The number of rotatable bonds is 2. The lowest BCUT2D eigenvalue weighted by Crippen LogP contribution is -2.27. The molecule has 0 fully saturated rings. The highest BCUT2D eigenvalue weighted by Gasteiger charge is 2.41. The van der Waals surface area contributed by atoms with Gasteiger partial charge >= 0.3 is 0 Å². The van der Waals surface area contributed by atoms with Gasteiger partial charge in [0.2, 0.25) is 5.91 Å². The Bertz CT molecular complexity index is 474. The molecule has 1 amide bonds. The van der Waals surface area contributed by atoms with Crippen molar-refractivity contribution in [2.24, 2.45) is 5.41 Å². The summed E-state index contributed by atoms with van der Waals surface area (Å²) in [5.41, 5.74) is 4.62. The number of hydrogen-bond acceptors (Lipinski definition) is 1. The lowest BCUT2D eigenvalue weighted by molar-refractivity contribution is -0.119. The maximum Gasteiger partial charge on any atom is 0.232 e. The molecule has 0 bridgehead atoms. The van der Waals surface area contributed by atoms with Crippen molar-refractivity contribution in [3.8, 4) is 0 Å². The third-order valence-electron chi connectivity index (χ3n) is 4.02. The molecular weight excluding hydrogens is 210 g/mol. The number of fused-ring (bicyclic) bond motifs is 1. The van der Waals surface area contributed by atoms with Crippen molar-refractivity contribution in [3.05, 3.63) is 28.8 Å². The van der Waals surface area contributed by atoms with Gasteiger partial charge in [0.15, 0.2) is 0 Å². The van der Waals surface area contributed by atoms with Crippen LogP contribution < -0.4 is 5.32 Å². The second-order valence-electron chi connectivity index (χ2n) is 5.81. The van der Waals surface area contributed by atoms with Crippen LogP contribution in [0.15, 0.2) is 12.1 Å². The molecule has 0 aromatic heterocycles. The Labute approximate surface area is 103 Å². The maximum absolute atomic E-state index is 12.2. The van der Waals surface area contributed by atoms with Crippen LogP contribution in [0.4, 0.5) is 5.69 Å². The molecule has 0 saturated heterocycles. The van der Waals surface area contributed by atoms with Crippen molar-refractivity contribution < 1.29 is 4.79 Å². The number of anilines is 1. The second kappa shape index (κ2) is 3.86. The fourth-order valence-corrected chi connectivity index (χ4v) is 2.72. The molecule has 0 aliphatic carbocycles. The minimum absolute atomic E-state index is 0.00949. The molecule has 1 atom stereocenters. The molecule has 1 aliphatic rings. The normalized spacial score (nSPS) is 19.1. The van der Waals surface area contributed by atoms with Gasteiger partial charge in [-0.3, -0.25) is 4.79 Å². The van der Waals surface area contributed by atoms with E-state index >= 15 is 0 Å². The third kappa shape index (κ3) is 1.86. The minimum atomic E-state index is -0.0129. The van der Waals surface area contributed by atoms with Gasteiger partial charge in [-0.05, 0) is 36.8 Å². The first kappa shape index (κ1) is 12.2. The van der Waals surface area contributed by atoms with E-state index in [2.05, 4.69) is 52.1 Å². The van der Waals surface area contributed by atoms with Crippen molar-refractivity contribution in [2.75, 3.05) is 5.32 Å². The summed E-state index contributed by atoms with van der Waals surface area (Å²) in [4.78, 5) is 12.2. The highest BCUT2D eigenvalue weighted by atomic mass is 16.2. The smallest absolute Gasteiger partial charge is 0.232 e. The van der Waals surface area contributed by atoms with Crippen molar-refractivity contribution in [3.63, 3.8) is 0 Å². The van der Waals surface area contributed by atoms with Crippen molar-refractivity contribution >= 4 is 11.6 Å². The van der Waals surface area contributed by atoms with Crippen LogP contribution in [-0.2, 0) is 4.79 Å². The van der Waals surface area contributed by atoms with Crippen molar-refractivity contribution in [1.82, 2.24) is 0 Å². The van der Waals surface area contributed by atoms with Crippen LogP contribution in [0.3, 0.4) is 0 Å². The van der Waals surface area contributed by atoms with E-state index in [1.54, 1.807) is 0 Å². The zero-order chi connectivity index (χ0) is 12.8. The van der Waals surface area contributed by atoms with Gasteiger partial charge in [-0.1, -0.05) is 38.5 Å². The van der Waals surface area contributed by atoms with Crippen molar-refractivity contribution in [2.45, 2.75) is 47.0 Å². The van der Waals surface area contributed by atoms with E-state index in [0.29, 0.717) is 0 Å². The highest BCUT2D eigenvalue weighted by Crippen LogP contribution is 2.46. The number of nitrogens with one attached hydrogen (secondary N) is 1. The molecule has 1 unspecified atom stereocenters. The van der Waals surface area contributed by atoms with Crippen molar-refractivity contribution in [1.29, 1.82) is 0 Å². The van der Waals surface area contributed by atoms with E-state index < -0.39 is 0 Å². The average Bonchev–Trinajstić information content (AvgIpc) is 2.55. The number of amides is 1. The average molecular weight is 231 g/mol. The minimum Gasteiger partial charge on any atom is -0.325 e. The molecule has 2 nitrogen and oxygen atoms in total. The van der Waals surface area contributed by atoms with E-state index in [1.807, 2.05) is 0 Å². The molecule has 1 aliphatic heterocycles. The molecule has 1 aromatic rings. The van der Waals surface area contributed by atoms with Gasteiger partial charge in [0, 0.05) is 5.69 Å². The van der Waals surface area contributed by atoms with Crippen LogP contribution in [0.1, 0.15) is 49.8 Å². The Morgan fingerprint density at radius 2 is 1.94 bits per heavy atom. The summed E-state index contributed by atoms with van der Waals surface area (Å²) in [6, 6.07) is 4.28. The molecular formula is C15H21NO. The summed E-state index contributed by atoms with van der Waals surface area (Å²) in [6.45, 7) is 10.6. The van der Waals surface area contributed by atoms with Gasteiger partial charge in [0.1, 0.15) is 0 Å². The van der Waals surface area contributed by atoms with Crippen LogP contribution in [0.2, 0.25) is 0 Å². The monoisotopic (exact) mass is 231 g/mol. The number of hydrogen-bond donors (Lipinski definition) is 1. The van der Waals surface area contributed by atoms with Crippen LogP contribution in [0, 0.1) is 19.3 Å². The molecule has 92 valence electrons. The van der Waals surface area contributed by atoms with Gasteiger partial charge in [0.25, 0.3) is 0 Å². The SMILES string of the molecule is CCC(C)(C)C1C(=O)Nc2c(C)cc(C)cc21. The molecule has 0 spiro atoms. The lowest BCUT2D eigenvalue weighted by atomic mass is 9.73. The first-order valence-electron chi connectivity index (χ1n) is 6.29. The first-order valence-corrected chi connectivity index (χ1v) is 6.29. The summed E-state index contributed by atoms with van der Waals surface area (Å²) in [6.07, 6.45) is 0.998. The summed E-state index contributed by atoms with van der Waals surface area (Å²) >= 11 is 0. The first-order chi connectivity index (χ1) is 7.86. The van der Waals surface area contributed by atoms with E-state index in [-0.39, 0.29) is 17.2 Å². The number of carbonyl (C=O) groups is 1. The summed E-state index contributed by atoms with van der Waals surface area (Å²) < 4.78 is 0. The Morgan fingerprint density at radius 3 is 2.53 bits per heavy atom. The molecule has 2 rings (SSSR count). The number of benzene rings is 1. The predicted octanol–water partition coefficient (Wildman–Crippen LogP) is 3.78. The molecule has 1 heterocycles. The Hall–Kier alpha value is -1.31. The standard InChI is InChI=1S/C15H21NO/c1-6-15(4,5)12-11-8-9(2)7-10(3)13(11)16-14(12)17/h7-8,12H,6H2,1-5H3,(H,16,17). The summed E-state index contributed by atoms with van der Waals surface area (Å²) in [7, 11) is 0. The van der Waals surface area contributed by atoms with Crippen LogP contribution in [0.25, 0.3) is 0 Å². The topological polar surface area (TPSA) is 29.1 Å². The Kier molecular flexibility index (Phi) is 2.76. The highest BCUT2D eigenvalue weighted by molar-refractivity contribution is 6.04. The van der Waals surface area contributed by atoms with Crippen LogP contribution >= 0.6 is 0 Å². The van der Waals surface area contributed by atoms with Gasteiger partial charge in [-0.15, -0.1) is 0 Å². The Morgan fingerprint density at radius 1 is 1.29 bits per heavy atom. The van der Waals surface area contributed by atoms with E-state index in [1.165, 1.54) is 16.7 Å². The van der Waals surface area contributed by atoms with E-state index in [0.717, 1.165) is 12.1 Å². The largest absolute Gasteiger partial charge is 0.325 e. The fraction of sp³-hybridized carbons (Fsp3) is 0.533. The molecule has 17 heavy (non-hydrogen) atoms. The van der Waals surface area contributed by atoms with Gasteiger partial charge in [-0.2, -0.15) is 0 Å². The van der Waals surface area contributed by atoms with Gasteiger partial charge < -0.3 is 5.32 Å². The maximum atomic E-state index is 12.2. The predicted molar refractivity (Wildman–Crippen MR) is 71.4 cm³/mol. The van der Waals surface area contributed by atoms with Crippen LogP contribution in [-0.4, -0.2) is 5.91 Å². The van der Waals surface area contributed by atoms with E-state index in [4.69, 9.17) is 0 Å². The number of carbonyl (C=O) groups excluding carboxylic acids is 1. The molecule has 2 heteroatoms. The molecule has 0 saturated carbocycles. The quantitative estimate of drug-likeness (QED) is 0.824. The van der Waals surface area contributed by atoms with Gasteiger partial charge in [0.05, 0.1) is 5.92 Å². The Balaban J connectivity index is 2.58. The fourth-order valence-electron chi connectivity index (χ4n) is 2.72. The number of aryl methyl sites for hydroxylation is 2. The second-order valence-corrected chi connectivity index (χ2v) is 5.81. The molecule has 0 radical (unpaired) electrons. The third-order valence-corrected chi connectivity index (χ3v) is 4.02. The zero-order valence-corrected chi connectivity index (χ0v) is 11.3. The van der Waals surface area contributed by atoms with Crippen LogP contribution in [0.5, 0.6) is 0 Å². The summed E-state index contributed by atoms with van der Waals surface area (Å²) in [5, 5.41) is 3.04. The molecule has 1 aromatic carbocycles. The molecule has 1 N–H and O–H groups in total. The lowest BCUT2D eigenvalue weighted by Gasteiger charge is -2.29. The zero-order valence-electron chi connectivity index (χ0n) is 11.3. The van der Waals surface area contributed by atoms with Gasteiger partial charge in [-0.25, -0.2) is 0 Å². The van der Waals surface area contributed by atoms with E-state index in [9.17, 15) is 4.79 Å².